The van der Waals surface area contributed by atoms with Crippen molar-refractivity contribution in [3.05, 3.63) is 47.4 Å². The summed E-state index contributed by atoms with van der Waals surface area (Å²) >= 11 is 0. The van der Waals surface area contributed by atoms with Crippen LogP contribution in [0.2, 0.25) is 0 Å². The molecule has 10 nitrogen and oxygen atoms in total. The van der Waals surface area contributed by atoms with Crippen LogP contribution in [0, 0.1) is 12.7 Å². The van der Waals surface area contributed by atoms with Crippen LogP contribution in [0.1, 0.15) is 16.1 Å². The SMILES string of the molecule is Cc1cc(Nc2cc(N3CCN(C)CC3)nc(Nc3cccc(F)c3C(N)=O)n2)n[nH]1. The number of piperazine rings is 1. The molecule has 0 atom stereocenters. The van der Waals surface area contributed by atoms with Crippen LogP contribution in [0.5, 0.6) is 0 Å². The Morgan fingerprint density at radius 2 is 1.90 bits per heavy atom. The number of nitrogens with two attached hydrogens (primary N) is 1. The van der Waals surface area contributed by atoms with Gasteiger partial charge in [0.25, 0.3) is 5.91 Å². The van der Waals surface area contributed by atoms with Gasteiger partial charge in [-0.25, -0.2) is 4.39 Å². The van der Waals surface area contributed by atoms with Crippen molar-refractivity contribution < 1.29 is 9.18 Å². The number of nitrogens with zero attached hydrogens (tertiary/aromatic N) is 5. The second-order valence-electron chi connectivity index (χ2n) is 7.44. The van der Waals surface area contributed by atoms with E-state index in [1.807, 2.05) is 19.1 Å². The summed E-state index contributed by atoms with van der Waals surface area (Å²) in [6.45, 7) is 5.32. The summed E-state index contributed by atoms with van der Waals surface area (Å²) in [7, 11) is 2.08. The average Bonchev–Trinajstić information content (AvgIpc) is 3.12. The smallest absolute Gasteiger partial charge is 0.253 e. The van der Waals surface area contributed by atoms with Gasteiger partial charge in [-0.2, -0.15) is 15.1 Å². The molecule has 1 amide bonds. The molecule has 1 aliphatic rings. The van der Waals surface area contributed by atoms with Gasteiger partial charge in [0.15, 0.2) is 5.82 Å². The molecule has 3 heterocycles. The Labute approximate surface area is 178 Å². The second-order valence-corrected chi connectivity index (χ2v) is 7.44. The Morgan fingerprint density at radius 1 is 1.13 bits per heavy atom. The Morgan fingerprint density at radius 3 is 2.58 bits per heavy atom. The van der Waals surface area contributed by atoms with E-state index in [-0.39, 0.29) is 17.2 Å². The zero-order valence-corrected chi connectivity index (χ0v) is 17.3. The summed E-state index contributed by atoms with van der Waals surface area (Å²) < 4.78 is 14.2. The first-order chi connectivity index (χ1) is 14.9. The molecule has 31 heavy (non-hydrogen) atoms. The predicted octanol–water partition coefficient (Wildman–Crippen LogP) is 1.99. The molecule has 3 aromatic rings. The minimum atomic E-state index is -0.874. The predicted molar refractivity (Wildman–Crippen MR) is 117 cm³/mol. The summed E-state index contributed by atoms with van der Waals surface area (Å²) in [5.74, 6) is 0.445. The number of primary amides is 1. The molecule has 0 aliphatic carbocycles. The first-order valence-electron chi connectivity index (χ1n) is 9.86. The molecule has 0 saturated carbocycles. The molecule has 2 aromatic heterocycles. The van der Waals surface area contributed by atoms with Crippen LogP contribution >= 0.6 is 0 Å². The van der Waals surface area contributed by atoms with Gasteiger partial charge in [-0.3, -0.25) is 9.89 Å². The summed E-state index contributed by atoms with van der Waals surface area (Å²) in [6.07, 6.45) is 0. The number of nitrogens with one attached hydrogen (secondary N) is 3. The van der Waals surface area contributed by atoms with Gasteiger partial charge in [0, 0.05) is 44.0 Å². The van der Waals surface area contributed by atoms with Crippen molar-refractivity contribution in [1.82, 2.24) is 25.1 Å². The van der Waals surface area contributed by atoms with Crippen molar-refractivity contribution in [2.45, 2.75) is 6.92 Å². The molecule has 0 bridgehead atoms. The van der Waals surface area contributed by atoms with E-state index >= 15 is 0 Å². The number of aryl methyl sites for hydroxylation is 1. The van der Waals surface area contributed by atoms with E-state index in [4.69, 9.17) is 5.73 Å². The van der Waals surface area contributed by atoms with Crippen molar-refractivity contribution >= 4 is 35.0 Å². The lowest BCUT2D eigenvalue weighted by molar-refractivity contribution is 0.0997. The summed E-state index contributed by atoms with van der Waals surface area (Å²) in [5, 5.41) is 13.1. The molecule has 5 N–H and O–H groups in total. The maximum absolute atomic E-state index is 14.2. The van der Waals surface area contributed by atoms with Gasteiger partial charge in [0.1, 0.15) is 17.5 Å². The number of benzene rings is 1. The molecule has 11 heteroatoms. The largest absolute Gasteiger partial charge is 0.365 e. The first kappa shape index (κ1) is 20.5. The second kappa shape index (κ2) is 8.56. The highest BCUT2D eigenvalue weighted by molar-refractivity contribution is 5.99. The highest BCUT2D eigenvalue weighted by atomic mass is 19.1. The fourth-order valence-electron chi connectivity index (χ4n) is 3.36. The van der Waals surface area contributed by atoms with Gasteiger partial charge in [0.05, 0.1) is 11.3 Å². The first-order valence-corrected chi connectivity index (χ1v) is 9.86. The topological polar surface area (TPSA) is 128 Å². The Balaban J connectivity index is 1.69. The van der Waals surface area contributed by atoms with Crippen molar-refractivity contribution in [3.63, 3.8) is 0 Å². The number of likely N-dealkylation sites (N-methyl/N-ethyl adjacent to an activating group) is 1. The van der Waals surface area contributed by atoms with Gasteiger partial charge < -0.3 is 26.2 Å². The number of halogens is 1. The van der Waals surface area contributed by atoms with Crippen molar-refractivity contribution in [2.75, 3.05) is 48.8 Å². The van der Waals surface area contributed by atoms with Gasteiger partial charge >= 0.3 is 0 Å². The quantitative estimate of drug-likeness (QED) is 0.472. The number of rotatable bonds is 6. The number of hydrogen-bond acceptors (Lipinski definition) is 8. The molecule has 1 fully saturated rings. The number of aromatic amines is 1. The number of aromatic nitrogens is 4. The molecular weight excluding hydrogens is 401 g/mol. The lowest BCUT2D eigenvalue weighted by Crippen LogP contribution is -2.44. The maximum atomic E-state index is 14.2. The van der Waals surface area contributed by atoms with E-state index in [1.165, 1.54) is 12.1 Å². The maximum Gasteiger partial charge on any atom is 0.253 e. The zero-order valence-electron chi connectivity index (χ0n) is 17.3. The molecule has 0 unspecified atom stereocenters. The Bertz CT molecular complexity index is 1090. The van der Waals surface area contributed by atoms with Gasteiger partial charge in [-0.15, -0.1) is 0 Å². The van der Waals surface area contributed by atoms with Gasteiger partial charge in [-0.05, 0) is 26.1 Å². The molecule has 1 aliphatic heterocycles. The minimum Gasteiger partial charge on any atom is -0.365 e. The van der Waals surface area contributed by atoms with E-state index < -0.39 is 11.7 Å². The van der Waals surface area contributed by atoms with E-state index in [1.54, 1.807) is 6.07 Å². The highest BCUT2D eigenvalue weighted by Crippen LogP contribution is 2.26. The summed E-state index contributed by atoms with van der Waals surface area (Å²) in [5.41, 5.74) is 6.23. The van der Waals surface area contributed by atoms with Crippen molar-refractivity contribution in [2.24, 2.45) is 5.73 Å². The molecule has 0 radical (unpaired) electrons. The molecule has 4 rings (SSSR count). The van der Waals surface area contributed by atoms with Crippen LogP contribution in [0.15, 0.2) is 30.3 Å². The lowest BCUT2D eigenvalue weighted by atomic mass is 10.1. The van der Waals surface area contributed by atoms with Crippen molar-refractivity contribution in [1.29, 1.82) is 0 Å². The van der Waals surface area contributed by atoms with Gasteiger partial charge in [0.2, 0.25) is 5.95 Å². The van der Waals surface area contributed by atoms with Crippen LogP contribution in [0.25, 0.3) is 0 Å². The van der Waals surface area contributed by atoms with Crippen LogP contribution in [0.3, 0.4) is 0 Å². The molecular formula is C20H24FN9O. The zero-order chi connectivity index (χ0) is 22.0. The fraction of sp³-hybridized carbons (Fsp3) is 0.300. The number of carbonyl (C=O) groups is 1. The highest BCUT2D eigenvalue weighted by Gasteiger charge is 2.19. The van der Waals surface area contributed by atoms with E-state index in [0.29, 0.717) is 17.5 Å². The number of anilines is 5. The minimum absolute atomic E-state index is 0.199. The number of amides is 1. The van der Waals surface area contributed by atoms with Crippen LogP contribution in [0.4, 0.5) is 33.5 Å². The summed E-state index contributed by atoms with van der Waals surface area (Å²) in [6, 6.07) is 7.91. The average molecular weight is 425 g/mol. The third-order valence-corrected chi connectivity index (χ3v) is 5.01. The van der Waals surface area contributed by atoms with Crippen LogP contribution in [-0.2, 0) is 0 Å². The number of H-pyrrole nitrogens is 1. The normalized spacial score (nSPS) is 14.5. The van der Waals surface area contributed by atoms with E-state index in [0.717, 1.165) is 31.9 Å². The lowest BCUT2D eigenvalue weighted by Gasteiger charge is -2.33. The summed E-state index contributed by atoms with van der Waals surface area (Å²) in [4.78, 5) is 25.2. The fourth-order valence-corrected chi connectivity index (χ4v) is 3.36. The third kappa shape index (κ3) is 4.72. The third-order valence-electron chi connectivity index (χ3n) is 5.01. The van der Waals surface area contributed by atoms with Crippen LogP contribution < -0.4 is 21.3 Å². The Kier molecular flexibility index (Phi) is 5.67. The molecule has 0 spiro atoms. The van der Waals surface area contributed by atoms with E-state index in [9.17, 15) is 9.18 Å². The van der Waals surface area contributed by atoms with Gasteiger partial charge in [-0.1, -0.05) is 6.07 Å². The van der Waals surface area contributed by atoms with E-state index in [2.05, 4.69) is 47.6 Å². The van der Waals surface area contributed by atoms with Crippen LogP contribution in [-0.4, -0.2) is 64.2 Å². The Hall–Kier alpha value is -3.73. The standard InChI is InChI=1S/C20H24FN9O/c1-12-10-16(28-27-12)24-15-11-17(30-8-6-29(2)7-9-30)26-20(25-15)23-14-5-3-4-13(21)18(14)19(22)31/h3-5,10-11H,6-9H2,1-2H3,(H2,22,31)(H3,23,24,25,26,27,28). The van der Waals surface area contributed by atoms with Crippen molar-refractivity contribution in [3.8, 4) is 0 Å². The number of carbonyl (C=O) groups excluding carboxylic acids is 1. The molecule has 162 valence electrons. The monoisotopic (exact) mass is 425 g/mol. The molecule has 1 saturated heterocycles. The number of hydrogen-bond donors (Lipinski definition) is 4. The molecule has 1 aromatic carbocycles.